The molecular formula is C17H16N2O3S. The summed E-state index contributed by atoms with van der Waals surface area (Å²) in [6.07, 6.45) is 0. The zero-order valence-electron chi connectivity index (χ0n) is 12.3. The fourth-order valence-corrected chi connectivity index (χ4v) is 2.23. The molecule has 0 aliphatic carbocycles. The number of carbonyl (C=O) groups excluding carboxylic acids is 1. The molecule has 0 radical (unpaired) electrons. The lowest BCUT2D eigenvalue weighted by Crippen LogP contribution is -2.44. The molecule has 6 heteroatoms. The molecule has 0 saturated carbocycles. The van der Waals surface area contributed by atoms with Gasteiger partial charge in [-0.15, -0.1) is 0 Å². The monoisotopic (exact) mass is 328 g/mol. The molecule has 1 amide bonds. The third-order valence-corrected chi connectivity index (χ3v) is 3.45. The number of carboxylic acid groups (broad SMARTS) is 1. The van der Waals surface area contributed by atoms with E-state index in [1.807, 2.05) is 30.3 Å². The summed E-state index contributed by atoms with van der Waals surface area (Å²) in [5.74, 6) is -1.38. The number of nitrogens with zero attached hydrogens (tertiary/aromatic N) is 1. The number of aliphatic carboxylic acids is 1. The van der Waals surface area contributed by atoms with Gasteiger partial charge in [0.15, 0.2) is 5.11 Å². The highest BCUT2D eigenvalue weighted by Gasteiger charge is 2.16. The average Bonchev–Trinajstić information content (AvgIpc) is 2.55. The Morgan fingerprint density at radius 2 is 1.57 bits per heavy atom. The standard InChI is InChI=1S/C17H16N2O3S/c20-15(21)12-19(11-13-7-3-1-4-8-13)17(23)18-16(22)14-9-5-2-6-10-14/h1-10H,11-12H2,(H,20,21)(H,18,22,23). The number of carbonyl (C=O) groups is 2. The Balaban J connectivity index is 2.07. The van der Waals surface area contributed by atoms with Gasteiger partial charge in [0.25, 0.3) is 5.91 Å². The van der Waals surface area contributed by atoms with Gasteiger partial charge in [0.1, 0.15) is 6.54 Å². The number of benzene rings is 2. The summed E-state index contributed by atoms with van der Waals surface area (Å²) in [5, 5.41) is 11.7. The van der Waals surface area contributed by atoms with Crippen LogP contribution in [0.15, 0.2) is 60.7 Å². The Bertz CT molecular complexity index is 689. The summed E-state index contributed by atoms with van der Waals surface area (Å²) in [6.45, 7) is 0.0177. The van der Waals surface area contributed by atoms with E-state index >= 15 is 0 Å². The topological polar surface area (TPSA) is 69.6 Å². The number of hydrogen-bond donors (Lipinski definition) is 2. The van der Waals surface area contributed by atoms with Crippen LogP contribution in [0.1, 0.15) is 15.9 Å². The quantitative estimate of drug-likeness (QED) is 0.824. The first-order valence-corrected chi connectivity index (χ1v) is 7.38. The van der Waals surface area contributed by atoms with Gasteiger partial charge in [0.2, 0.25) is 0 Å². The van der Waals surface area contributed by atoms with Crippen molar-refractivity contribution in [2.45, 2.75) is 6.54 Å². The predicted molar refractivity (Wildman–Crippen MR) is 91.0 cm³/mol. The van der Waals surface area contributed by atoms with E-state index in [2.05, 4.69) is 5.32 Å². The summed E-state index contributed by atoms with van der Waals surface area (Å²) < 4.78 is 0. The fourth-order valence-electron chi connectivity index (χ4n) is 2.00. The molecule has 0 fully saturated rings. The van der Waals surface area contributed by atoms with Gasteiger partial charge in [-0.25, -0.2) is 0 Å². The third-order valence-electron chi connectivity index (χ3n) is 3.09. The Hall–Kier alpha value is -2.73. The maximum atomic E-state index is 12.1. The zero-order valence-corrected chi connectivity index (χ0v) is 13.1. The van der Waals surface area contributed by atoms with Crippen molar-refractivity contribution in [3.05, 3.63) is 71.8 Å². The highest BCUT2D eigenvalue weighted by molar-refractivity contribution is 7.80. The number of hydrogen-bond acceptors (Lipinski definition) is 3. The minimum Gasteiger partial charge on any atom is -0.480 e. The number of amides is 1. The van der Waals surface area contributed by atoms with Crippen molar-refractivity contribution in [2.24, 2.45) is 0 Å². The number of carboxylic acids is 1. The van der Waals surface area contributed by atoms with E-state index in [0.29, 0.717) is 12.1 Å². The average molecular weight is 328 g/mol. The molecule has 2 N–H and O–H groups in total. The molecule has 5 nitrogen and oxygen atoms in total. The first-order valence-electron chi connectivity index (χ1n) is 6.97. The van der Waals surface area contributed by atoms with Crippen LogP contribution in [-0.4, -0.2) is 33.5 Å². The summed E-state index contributed by atoms with van der Waals surface area (Å²) >= 11 is 5.20. The van der Waals surface area contributed by atoms with E-state index < -0.39 is 5.97 Å². The molecule has 0 spiro atoms. The number of rotatable bonds is 5. The van der Waals surface area contributed by atoms with Gasteiger partial charge in [0.05, 0.1) is 0 Å². The van der Waals surface area contributed by atoms with E-state index in [4.69, 9.17) is 17.3 Å². The molecule has 0 bridgehead atoms. The second-order valence-electron chi connectivity index (χ2n) is 4.86. The van der Waals surface area contributed by atoms with E-state index in [9.17, 15) is 9.59 Å². The normalized spacial score (nSPS) is 9.91. The van der Waals surface area contributed by atoms with Gasteiger partial charge < -0.3 is 10.0 Å². The van der Waals surface area contributed by atoms with E-state index in [-0.39, 0.29) is 17.6 Å². The summed E-state index contributed by atoms with van der Waals surface area (Å²) in [4.78, 5) is 24.6. The van der Waals surface area contributed by atoms with Crippen LogP contribution in [0.25, 0.3) is 0 Å². The molecule has 0 aliphatic rings. The molecule has 118 valence electrons. The molecule has 23 heavy (non-hydrogen) atoms. The van der Waals surface area contributed by atoms with Gasteiger partial charge in [-0.2, -0.15) is 0 Å². The minimum absolute atomic E-state index is 0.0881. The van der Waals surface area contributed by atoms with Crippen molar-refractivity contribution in [3.8, 4) is 0 Å². The fraction of sp³-hybridized carbons (Fsp3) is 0.118. The largest absolute Gasteiger partial charge is 0.480 e. The van der Waals surface area contributed by atoms with Crippen LogP contribution in [0.2, 0.25) is 0 Å². The van der Waals surface area contributed by atoms with E-state index in [0.717, 1.165) is 5.56 Å². The Labute approximate surface area is 139 Å². The van der Waals surface area contributed by atoms with Crippen molar-refractivity contribution < 1.29 is 14.7 Å². The number of nitrogens with one attached hydrogen (secondary N) is 1. The van der Waals surface area contributed by atoms with Gasteiger partial charge in [0, 0.05) is 12.1 Å². The highest BCUT2D eigenvalue weighted by Crippen LogP contribution is 2.06. The highest BCUT2D eigenvalue weighted by atomic mass is 32.1. The van der Waals surface area contributed by atoms with E-state index in [1.165, 1.54) is 4.90 Å². The maximum absolute atomic E-state index is 12.1. The first kappa shape index (κ1) is 16.6. The van der Waals surface area contributed by atoms with Crippen molar-refractivity contribution in [1.82, 2.24) is 10.2 Å². The summed E-state index contributed by atoms with van der Waals surface area (Å²) in [7, 11) is 0. The maximum Gasteiger partial charge on any atom is 0.323 e. The van der Waals surface area contributed by atoms with Crippen LogP contribution in [0.3, 0.4) is 0 Å². The first-order chi connectivity index (χ1) is 11.1. The van der Waals surface area contributed by atoms with Gasteiger partial charge in [-0.05, 0) is 29.9 Å². The molecule has 0 atom stereocenters. The summed E-state index contributed by atoms with van der Waals surface area (Å²) in [6, 6.07) is 18.0. The predicted octanol–water partition coefficient (Wildman–Crippen LogP) is 2.29. The van der Waals surface area contributed by atoms with Crippen LogP contribution in [0.4, 0.5) is 0 Å². The lowest BCUT2D eigenvalue weighted by Gasteiger charge is -2.23. The van der Waals surface area contributed by atoms with Crippen LogP contribution < -0.4 is 5.32 Å². The van der Waals surface area contributed by atoms with Crippen LogP contribution in [0, 0.1) is 0 Å². The van der Waals surface area contributed by atoms with Crippen molar-refractivity contribution in [2.75, 3.05) is 6.54 Å². The lowest BCUT2D eigenvalue weighted by atomic mass is 10.2. The zero-order chi connectivity index (χ0) is 16.7. The molecular weight excluding hydrogens is 312 g/mol. The SMILES string of the molecule is O=C(O)CN(Cc1ccccc1)C(=S)NC(=O)c1ccccc1. The van der Waals surface area contributed by atoms with Crippen molar-refractivity contribution in [1.29, 1.82) is 0 Å². The Morgan fingerprint density at radius 3 is 2.13 bits per heavy atom. The second-order valence-corrected chi connectivity index (χ2v) is 5.25. The molecule has 0 heterocycles. The Kier molecular flexibility index (Phi) is 5.82. The molecule has 0 aliphatic heterocycles. The van der Waals surface area contributed by atoms with Crippen LogP contribution in [0.5, 0.6) is 0 Å². The van der Waals surface area contributed by atoms with Crippen LogP contribution in [-0.2, 0) is 11.3 Å². The molecule has 2 rings (SSSR count). The van der Waals surface area contributed by atoms with Crippen molar-refractivity contribution >= 4 is 29.2 Å². The molecule has 0 aromatic heterocycles. The molecule has 2 aromatic carbocycles. The van der Waals surface area contributed by atoms with Gasteiger partial charge in [-0.3, -0.25) is 14.9 Å². The smallest absolute Gasteiger partial charge is 0.323 e. The van der Waals surface area contributed by atoms with Crippen LogP contribution >= 0.6 is 12.2 Å². The molecule has 0 unspecified atom stereocenters. The van der Waals surface area contributed by atoms with Crippen molar-refractivity contribution in [3.63, 3.8) is 0 Å². The summed E-state index contributed by atoms with van der Waals surface area (Å²) in [5.41, 5.74) is 1.37. The van der Waals surface area contributed by atoms with E-state index in [1.54, 1.807) is 30.3 Å². The lowest BCUT2D eigenvalue weighted by molar-refractivity contribution is -0.137. The number of thiocarbonyl (C=S) groups is 1. The van der Waals surface area contributed by atoms with Gasteiger partial charge in [-0.1, -0.05) is 48.5 Å². The molecule has 0 saturated heterocycles. The second kappa shape index (κ2) is 8.05. The Morgan fingerprint density at radius 1 is 1.00 bits per heavy atom. The molecule has 2 aromatic rings. The van der Waals surface area contributed by atoms with Gasteiger partial charge >= 0.3 is 5.97 Å². The minimum atomic E-state index is -1.02. The third kappa shape index (κ3) is 5.19.